The van der Waals surface area contributed by atoms with Gasteiger partial charge in [-0.1, -0.05) is 18.2 Å². The molecule has 1 aromatic heterocycles. The van der Waals surface area contributed by atoms with Crippen molar-refractivity contribution in [2.45, 2.75) is 23.9 Å². The minimum Gasteiger partial charge on any atom is -0.369 e. The Labute approximate surface area is 177 Å². The number of para-hydroxylation sites is 1. The van der Waals surface area contributed by atoms with Crippen molar-refractivity contribution in [1.82, 2.24) is 20.0 Å². The van der Waals surface area contributed by atoms with Crippen LogP contribution in [0.15, 0.2) is 53.6 Å². The zero-order valence-electron chi connectivity index (χ0n) is 17.1. The molecule has 0 aliphatic carbocycles. The van der Waals surface area contributed by atoms with E-state index in [1.807, 2.05) is 0 Å². The Bertz CT molecular complexity index is 956. The molecule has 3 aromatic rings. The molecular formula is C23H29N5S. The normalized spacial score (nSPS) is 19.1. The van der Waals surface area contributed by atoms with Crippen LogP contribution in [0.1, 0.15) is 12.8 Å². The second-order valence-electron chi connectivity index (χ2n) is 7.96. The number of piperazine rings is 1. The summed E-state index contributed by atoms with van der Waals surface area (Å²) in [5, 5.41) is 10.7. The van der Waals surface area contributed by atoms with E-state index in [1.54, 1.807) is 11.8 Å². The van der Waals surface area contributed by atoms with Crippen molar-refractivity contribution in [3.63, 3.8) is 0 Å². The van der Waals surface area contributed by atoms with Gasteiger partial charge in [0, 0.05) is 43.3 Å². The molecule has 2 aromatic carbocycles. The largest absolute Gasteiger partial charge is 0.369 e. The fourth-order valence-electron chi connectivity index (χ4n) is 4.71. The molecule has 0 spiro atoms. The Kier molecular flexibility index (Phi) is 5.48. The fourth-order valence-corrected chi connectivity index (χ4v) is 5.26. The summed E-state index contributed by atoms with van der Waals surface area (Å²) < 4.78 is 2.09. The minimum absolute atomic E-state index is 0.768. The van der Waals surface area contributed by atoms with Gasteiger partial charge in [0.2, 0.25) is 0 Å². The molecule has 0 radical (unpaired) electrons. The van der Waals surface area contributed by atoms with Crippen LogP contribution in [0.4, 0.5) is 5.69 Å². The van der Waals surface area contributed by atoms with Crippen molar-refractivity contribution in [1.29, 1.82) is 0 Å². The van der Waals surface area contributed by atoms with Gasteiger partial charge in [0.1, 0.15) is 5.03 Å². The molecule has 3 heterocycles. The zero-order chi connectivity index (χ0) is 19.6. The first-order valence-electron chi connectivity index (χ1n) is 10.7. The molecule has 0 bridgehead atoms. The van der Waals surface area contributed by atoms with Crippen molar-refractivity contribution >= 4 is 28.4 Å². The number of nitrogens with zero attached hydrogens (tertiary/aromatic N) is 4. The summed E-state index contributed by atoms with van der Waals surface area (Å²) in [6.45, 7) is 6.87. The van der Waals surface area contributed by atoms with Gasteiger partial charge >= 0.3 is 0 Å². The van der Waals surface area contributed by atoms with Gasteiger partial charge in [0.05, 0.1) is 11.2 Å². The first kappa shape index (κ1) is 19.0. The lowest BCUT2D eigenvalue weighted by atomic mass is 10.0. The van der Waals surface area contributed by atoms with Crippen LogP contribution in [0.25, 0.3) is 16.6 Å². The molecule has 0 saturated carbocycles. The first-order valence-corrected chi connectivity index (χ1v) is 11.9. The molecular weight excluding hydrogens is 378 g/mol. The van der Waals surface area contributed by atoms with Gasteiger partial charge < -0.3 is 10.2 Å². The van der Waals surface area contributed by atoms with Crippen molar-refractivity contribution < 1.29 is 0 Å². The highest BCUT2D eigenvalue weighted by molar-refractivity contribution is 7.98. The third kappa shape index (κ3) is 3.77. The summed E-state index contributed by atoms with van der Waals surface area (Å²) >= 11 is 1.71. The maximum absolute atomic E-state index is 4.88. The van der Waals surface area contributed by atoms with E-state index < -0.39 is 0 Å². The summed E-state index contributed by atoms with van der Waals surface area (Å²) in [7, 11) is 0. The van der Waals surface area contributed by atoms with Gasteiger partial charge in [-0.2, -0.15) is 5.10 Å². The van der Waals surface area contributed by atoms with E-state index >= 15 is 0 Å². The number of hydrogen-bond acceptors (Lipinski definition) is 5. The number of aromatic nitrogens is 2. The number of nitrogens with one attached hydrogen (secondary N) is 1. The molecule has 5 rings (SSSR count). The molecule has 2 fully saturated rings. The number of rotatable bonds is 4. The average molecular weight is 408 g/mol. The fraction of sp³-hybridized carbons (Fsp3) is 0.435. The SMILES string of the molecule is CSc1nn(-c2ccccc2)c2cc(N3CCN(C4CCNCC4)CC3)ccc12. The van der Waals surface area contributed by atoms with E-state index in [2.05, 4.69) is 74.6 Å². The zero-order valence-corrected chi connectivity index (χ0v) is 17.9. The van der Waals surface area contributed by atoms with Crippen molar-refractivity contribution in [2.75, 3.05) is 50.4 Å². The van der Waals surface area contributed by atoms with Gasteiger partial charge in [0.25, 0.3) is 0 Å². The predicted molar refractivity (Wildman–Crippen MR) is 123 cm³/mol. The Balaban J connectivity index is 1.40. The van der Waals surface area contributed by atoms with Crippen molar-refractivity contribution in [2.24, 2.45) is 0 Å². The summed E-state index contributed by atoms with van der Waals surface area (Å²) in [5.41, 5.74) is 3.62. The highest BCUT2D eigenvalue weighted by Crippen LogP contribution is 2.31. The van der Waals surface area contributed by atoms with E-state index in [-0.39, 0.29) is 0 Å². The monoisotopic (exact) mass is 407 g/mol. The van der Waals surface area contributed by atoms with Crippen LogP contribution in [0, 0.1) is 0 Å². The van der Waals surface area contributed by atoms with Crippen LogP contribution in [0.2, 0.25) is 0 Å². The highest BCUT2D eigenvalue weighted by Gasteiger charge is 2.25. The smallest absolute Gasteiger partial charge is 0.126 e. The molecule has 2 saturated heterocycles. The maximum Gasteiger partial charge on any atom is 0.126 e. The second-order valence-corrected chi connectivity index (χ2v) is 8.76. The highest BCUT2D eigenvalue weighted by atomic mass is 32.2. The van der Waals surface area contributed by atoms with Crippen LogP contribution >= 0.6 is 11.8 Å². The topological polar surface area (TPSA) is 36.3 Å². The molecule has 1 N–H and O–H groups in total. The van der Waals surface area contributed by atoms with Crippen LogP contribution < -0.4 is 10.2 Å². The Morgan fingerprint density at radius 3 is 2.41 bits per heavy atom. The van der Waals surface area contributed by atoms with E-state index in [0.29, 0.717) is 0 Å². The predicted octanol–water partition coefficient (Wildman–Crippen LogP) is 3.62. The van der Waals surface area contributed by atoms with E-state index in [0.717, 1.165) is 42.9 Å². The van der Waals surface area contributed by atoms with Crippen LogP contribution in [-0.2, 0) is 0 Å². The number of anilines is 1. The number of piperidine rings is 1. The quantitative estimate of drug-likeness (QED) is 0.669. The van der Waals surface area contributed by atoms with E-state index in [1.165, 1.54) is 42.5 Å². The van der Waals surface area contributed by atoms with Gasteiger partial charge in [0.15, 0.2) is 0 Å². The number of benzene rings is 2. The molecule has 0 unspecified atom stereocenters. The first-order chi connectivity index (χ1) is 14.3. The van der Waals surface area contributed by atoms with Gasteiger partial charge in [-0.05, 0) is 62.5 Å². The molecule has 2 aliphatic rings. The van der Waals surface area contributed by atoms with Crippen LogP contribution in [0.5, 0.6) is 0 Å². The number of hydrogen-bond donors (Lipinski definition) is 1. The minimum atomic E-state index is 0.768. The van der Waals surface area contributed by atoms with Gasteiger partial charge in [-0.25, -0.2) is 4.68 Å². The maximum atomic E-state index is 4.88. The van der Waals surface area contributed by atoms with Crippen molar-refractivity contribution in [3.8, 4) is 5.69 Å². The molecule has 29 heavy (non-hydrogen) atoms. The standard InChI is InChI=1S/C23H29N5S/c1-29-23-21-8-7-20(17-22(21)28(25-23)19-5-3-2-4-6-19)27-15-13-26(14-16-27)18-9-11-24-12-10-18/h2-8,17-18,24H,9-16H2,1H3. The lowest BCUT2D eigenvalue weighted by molar-refractivity contribution is 0.153. The molecule has 2 aliphatic heterocycles. The van der Waals surface area contributed by atoms with Gasteiger partial charge in [-0.3, -0.25) is 4.90 Å². The summed E-state index contributed by atoms with van der Waals surface area (Å²) in [5.74, 6) is 0. The molecule has 152 valence electrons. The summed E-state index contributed by atoms with van der Waals surface area (Å²) in [6.07, 6.45) is 4.68. The van der Waals surface area contributed by atoms with E-state index in [4.69, 9.17) is 5.10 Å². The lowest BCUT2D eigenvalue weighted by Crippen LogP contribution is -2.52. The number of fused-ring (bicyclic) bond motifs is 1. The molecule has 0 amide bonds. The van der Waals surface area contributed by atoms with E-state index in [9.17, 15) is 0 Å². The molecule has 0 atom stereocenters. The van der Waals surface area contributed by atoms with Crippen LogP contribution in [-0.4, -0.2) is 66.2 Å². The third-order valence-corrected chi connectivity index (χ3v) is 7.02. The average Bonchev–Trinajstić information content (AvgIpc) is 3.18. The summed E-state index contributed by atoms with van der Waals surface area (Å²) in [4.78, 5) is 5.24. The molecule has 5 nitrogen and oxygen atoms in total. The Morgan fingerprint density at radius 2 is 1.69 bits per heavy atom. The van der Waals surface area contributed by atoms with Crippen LogP contribution in [0.3, 0.4) is 0 Å². The summed E-state index contributed by atoms with van der Waals surface area (Å²) in [6, 6.07) is 18.1. The second kappa shape index (κ2) is 8.38. The van der Waals surface area contributed by atoms with Crippen molar-refractivity contribution in [3.05, 3.63) is 48.5 Å². The molecule has 6 heteroatoms. The lowest BCUT2D eigenvalue weighted by Gasteiger charge is -2.41. The van der Waals surface area contributed by atoms with Gasteiger partial charge in [-0.15, -0.1) is 11.8 Å². The number of thioether (sulfide) groups is 1. The third-order valence-electron chi connectivity index (χ3n) is 6.33. The Hall–Kier alpha value is -2.02. The Morgan fingerprint density at radius 1 is 0.931 bits per heavy atom.